The predicted octanol–water partition coefficient (Wildman–Crippen LogP) is 3.94. The molecule has 1 aliphatic carbocycles. The lowest BCUT2D eigenvalue weighted by atomic mass is 9.57. The minimum atomic E-state index is -0.420. The van der Waals surface area contributed by atoms with Crippen molar-refractivity contribution < 1.29 is 14.4 Å². The molecule has 24 heavy (non-hydrogen) atoms. The molecule has 0 radical (unpaired) electrons. The van der Waals surface area contributed by atoms with Crippen molar-refractivity contribution in [3.8, 4) is 0 Å². The van der Waals surface area contributed by atoms with Crippen LogP contribution in [0.1, 0.15) is 31.7 Å². The zero-order valence-corrected chi connectivity index (χ0v) is 14.8. The molecule has 1 heterocycles. The Morgan fingerprint density at radius 1 is 1.46 bits per heavy atom. The molecular formula is C17H23ClN2O4. The molecule has 0 aromatic heterocycles. The molecule has 1 saturated carbocycles. The molecule has 1 aromatic rings. The normalized spacial score (nSPS) is 25.3. The molecule has 2 atom stereocenters. The van der Waals surface area contributed by atoms with Crippen LogP contribution in [0.15, 0.2) is 12.1 Å². The van der Waals surface area contributed by atoms with E-state index in [9.17, 15) is 10.1 Å². The van der Waals surface area contributed by atoms with Crippen LogP contribution in [0.4, 0.5) is 11.4 Å². The lowest BCUT2D eigenvalue weighted by molar-refractivity contribution is -0.384. The first-order valence-corrected chi connectivity index (χ1v) is 8.76. The number of nitrogens with zero attached hydrogens (tertiary/aromatic N) is 1. The van der Waals surface area contributed by atoms with E-state index in [1.807, 2.05) is 13.8 Å². The topological polar surface area (TPSA) is 73.6 Å². The molecule has 0 amide bonds. The van der Waals surface area contributed by atoms with Gasteiger partial charge in [-0.2, -0.15) is 0 Å². The van der Waals surface area contributed by atoms with Gasteiger partial charge in [0.15, 0.2) is 0 Å². The second-order valence-corrected chi connectivity index (χ2v) is 7.01. The van der Waals surface area contributed by atoms with Gasteiger partial charge < -0.3 is 14.8 Å². The summed E-state index contributed by atoms with van der Waals surface area (Å²) in [6, 6.07) is 3.21. The molecule has 3 rings (SSSR count). The van der Waals surface area contributed by atoms with Crippen molar-refractivity contribution in [2.45, 2.75) is 45.3 Å². The second-order valence-electron chi connectivity index (χ2n) is 6.60. The maximum Gasteiger partial charge on any atom is 0.271 e. The lowest BCUT2D eigenvalue weighted by Gasteiger charge is -2.57. The van der Waals surface area contributed by atoms with Gasteiger partial charge in [0.05, 0.1) is 21.7 Å². The van der Waals surface area contributed by atoms with Crippen molar-refractivity contribution in [2.75, 3.05) is 25.1 Å². The highest BCUT2D eigenvalue weighted by molar-refractivity contribution is 6.33. The van der Waals surface area contributed by atoms with Gasteiger partial charge in [-0.15, -0.1) is 0 Å². The number of halogens is 1. The summed E-state index contributed by atoms with van der Waals surface area (Å²) in [5, 5.41) is 14.9. The number of ether oxygens (including phenoxy) is 2. The lowest BCUT2D eigenvalue weighted by Crippen LogP contribution is -2.63. The number of hydrogen-bond donors (Lipinski definition) is 1. The van der Waals surface area contributed by atoms with Crippen molar-refractivity contribution in [2.24, 2.45) is 5.41 Å². The van der Waals surface area contributed by atoms with Crippen LogP contribution in [0.3, 0.4) is 0 Å². The Labute approximate surface area is 146 Å². The van der Waals surface area contributed by atoms with Crippen LogP contribution >= 0.6 is 11.6 Å². The van der Waals surface area contributed by atoms with E-state index in [1.165, 1.54) is 6.07 Å². The number of benzene rings is 1. The number of aryl methyl sites for hydroxylation is 1. The van der Waals surface area contributed by atoms with E-state index >= 15 is 0 Å². The Morgan fingerprint density at radius 3 is 2.75 bits per heavy atom. The first-order valence-electron chi connectivity index (χ1n) is 8.38. The third-order valence-corrected chi connectivity index (χ3v) is 5.68. The largest absolute Gasteiger partial charge is 0.381 e. The van der Waals surface area contributed by atoms with Crippen molar-refractivity contribution in [3.05, 3.63) is 32.8 Å². The van der Waals surface area contributed by atoms with Gasteiger partial charge in [0.25, 0.3) is 5.69 Å². The van der Waals surface area contributed by atoms with Crippen LogP contribution in [0.5, 0.6) is 0 Å². The van der Waals surface area contributed by atoms with Gasteiger partial charge in [0.1, 0.15) is 0 Å². The van der Waals surface area contributed by atoms with Gasteiger partial charge >= 0.3 is 0 Å². The molecule has 2 fully saturated rings. The quantitative estimate of drug-likeness (QED) is 0.640. The van der Waals surface area contributed by atoms with E-state index in [0.717, 1.165) is 43.7 Å². The Morgan fingerprint density at radius 2 is 2.17 bits per heavy atom. The van der Waals surface area contributed by atoms with Gasteiger partial charge in [-0.25, -0.2) is 0 Å². The minimum absolute atomic E-state index is 0.0182. The van der Waals surface area contributed by atoms with E-state index < -0.39 is 4.92 Å². The molecular weight excluding hydrogens is 332 g/mol. The molecule has 1 saturated heterocycles. The van der Waals surface area contributed by atoms with E-state index in [0.29, 0.717) is 11.6 Å². The summed E-state index contributed by atoms with van der Waals surface area (Å²) in [7, 11) is 0. The van der Waals surface area contributed by atoms with E-state index in [-0.39, 0.29) is 23.2 Å². The Balaban J connectivity index is 1.82. The van der Waals surface area contributed by atoms with Crippen molar-refractivity contribution in [1.29, 1.82) is 0 Å². The molecule has 1 aromatic carbocycles. The summed E-state index contributed by atoms with van der Waals surface area (Å²) in [5.41, 5.74) is 1.65. The smallest absolute Gasteiger partial charge is 0.271 e. The number of nitro groups is 1. The highest BCUT2D eigenvalue weighted by Crippen LogP contribution is 2.52. The van der Waals surface area contributed by atoms with Crippen LogP contribution < -0.4 is 5.32 Å². The fourth-order valence-corrected chi connectivity index (χ4v) is 4.31. The van der Waals surface area contributed by atoms with Crippen LogP contribution in [0.25, 0.3) is 0 Å². The van der Waals surface area contributed by atoms with Gasteiger partial charge in [-0.1, -0.05) is 11.6 Å². The monoisotopic (exact) mass is 354 g/mol. The molecule has 1 N–H and O–H groups in total. The van der Waals surface area contributed by atoms with Gasteiger partial charge in [-0.05, 0) is 38.7 Å². The highest BCUT2D eigenvalue weighted by atomic mass is 35.5. The number of anilines is 1. The molecule has 1 aliphatic heterocycles. The van der Waals surface area contributed by atoms with Crippen molar-refractivity contribution in [1.82, 2.24) is 0 Å². The van der Waals surface area contributed by atoms with Crippen molar-refractivity contribution in [3.63, 3.8) is 0 Å². The SMILES string of the molecule is CCOC1CC(Nc2c(C)cc([N+](=O)[O-])cc2Cl)C12CCOCC2. The van der Waals surface area contributed by atoms with Crippen LogP contribution in [-0.2, 0) is 9.47 Å². The summed E-state index contributed by atoms with van der Waals surface area (Å²) in [6.45, 7) is 6.06. The Hall–Kier alpha value is -1.37. The molecule has 1 spiro atoms. The number of non-ortho nitro benzene ring substituents is 1. The number of hydrogen-bond acceptors (Lipinski definition) is 5. The van der Waals surface area contributed by atoms with Crippen LogP contribution in [-0.4, -0.2) is 36.9 Å². The second kappa shape index (κ2) is 6.86. The average Bonchev–Trinajstić information content (AvgIpc) is 2.56. The summed E-state index contributed by atoms with van der Waals surface area (Å²) < 4.78 is 11.5. The van der Waals surface area contributed by atoms with Gasteiger partial charge in [-0.3, -0.25) is 10.1 Å². The van der Waals surface area contributed by atoms with Crippen LogP contribution in [0, 0.1) is 22.5 Å². The maximum absolute atomic E-state index is 11.0. The summed E-state index contributed by atoms with van der Waals surface area (Å²) >= 11 is 6.31. The molecule has 0 bridgehead atoms. The zero-order valence-electron chi connectivity index (χ0n) is 14.0. The molecule has 6 nitrogen and oxygen atoms in total. The number of nitro benzene ring substituents is 1. The fourth-order valence-electron chi connectivity index (χ4n) is 4.00. The molecule has 132 valence electrons. The predicted molar refractivity (Wildman–Crippen MR) is 92.8 cm³/mol. The first kappa shape index (κ1) is 17.5. The van der Waals surface area contributed by atoms with E-state index in [2.05, 4.69) is 5.32 Å². The molecule has 2 unspecified atom stereocenters. The summed E-state index contributed by atoms with van der Waals surface area (Å²) in [6.07, 6.45) is 3.07. The molecule has 2 aliphatic rings. The van der Waals surface area contributed by atoms with Crippen LogP contribution in [0.2, 0.25) is 5.02 Å². The van der Waals surface area contributed by atoms with E-state index in [4.69, 9.17) is 21.1 Å². The third-order valence-electron chi connectivity index (χ3n) is 5.38. The third kappa shape index (κ3) is 2.98. The Bertz CT molecular complexity index is 608. The zero-order chi connectivity index (χ0) is 17.3. The average molecular weight is 355 g/mol. The summed E-state index contributed by atoms with van der Waals surface area (Å²) in [4.78, 5) is 10.5. The standard InChI is InChI=1S/C17H23ClN2O4/c1-3-24-15-10-14(17(15)4-6-23-7-5-17)19-16-11(2)8-12(20(21)22)9-13(16)18/h8-9,14-15,19H,3-7,10H2,1-2H3. The number of rotatable bonds is 5. The van der Waals surface area contributed by atoms with Gasteiger partial charge in [0, 0.05) is 43.4 Å². The number of nitrogens with one attached hydrogen (secondary N) is 1. The Kier molecular flexibility index (Phi) is 4.99. The first-order chi connectivity index (χ1) is 11.5. The van der Waals surface area contributed by atoms with Crippen molar-refractivity contribution >= 4 is 23.0 Å². The minimum Gasteiger partial charge on any atom is -0.381 e. The highest BCUT2D eigenvalue weighted by Gasteiger charge is 2.56. The van der Waals surface area contributed by atoms with E-state index in [1.54, 1.807) is 6.07 Å². The van der Waals surface area contributed by atoms with Gasteiger partial charge in [0.2, 0.25) is 0 Å². The fraction of sp³-hybridized carbons (Fsp3) is 0.647. The maximum atomic E-state index is 11.0. The molecule has 7 heteroatoms. The summed E-state index contributed by atoms with van der Waals surface area (Å²) in [5.74, 6) is 0.